The zero-order valence-corrected chi connectivity index (χ0v) is 11.6. The molecule has 0 aliphatic carbocycles. The maximum Gasteiger partial charge on any atom is 0.260 e. The number of nitrogens with one attached hydrogen (secondary N) is 1. The van der Waals surface area contributed by atoms with Gasteiger partial charge in [-0.3, -0.25) is 9.20 Å². The summed E-state index contributed by atoms with van der Waals surface area (Å²) in [7, 11) is 0. The van der Waals surface area contributed by atoms with Gasteiger partial charge in [0.2, 0.25) is 0 Å². The van der Waals surface area contributed by atoms with Crippen molar-refractivity contribution in [1.82, 2.24) is 14.7 Å². The molecule has 3 heterocycles. The zero-order valence-electron chi connectivity index (χ0n) is 11.6. The molecule has 0 unspecified atom stereocenters. The van der Waals surface area contributed by atoms with E-state index in [2.05, 4.69) is 15.2 Å². The number of rotatable bonds is 1. The van der Waals surface area contributed by atoms with E-state index in [0.29, 0.717) is 5.65 Å². The molecule has 0 saturated carbocycles. The highest BCUT2D eigenvalue weighted by molar-refractivity contribution is 5.81. The van der Waals surface area contributed by atoms with Gasteiger partial charge in [-0.2, -0.15) is 0 Å². The topological polar surface area (TPSA) is 49.6 Å². The van der Waals surface area contributed by atoms with Crippen LogP contribution in [0.4, 0.5) is 5.82 Å². The first-order valence-electron chi connectivity index (χ1n) is 7.20. The van der Waals surface area contributed by atoms with Crippen LogP contribution in [0.1, 0.15) is 0 Å². The Bertz CT molecular complexity index is 865. The first kappa shape index (κ1) is 12.3. The van der Waals surface area contributed by atoms with Gasteiger partial charge in [0.15, 0.2) is 0 Å². The summed E-state index contributed by atoms with van der Waals surface area (Å²) in [6.45, 7) is 3.63. The van der Waals surface area contributed by atoms with Crippen LogP contribution in [0, 0.1) is 0 Å². The van der Waals surface area contributed by atoms with Crippen molar-refractivity contribution >= 4 is 22.4 Å². The number of benzene rings is 1. The van der Waals surface area contributed by atoms with Crippen molar-refractivity contribution in [2.45, 2.75) is 0 Å². The first-order chi connectivity index (χ1) is 10.3. The Kier molecular flexibility index (Phi) is 2.86. The predicted molar refractivity (Wildman–Crippen MR) is 84.1 cm³/mol. The monoisotopic (exact) mass is 280 g/mol. The van der Waals surface area contributed by atoms with Crippen LogP contribution in [-0.2, 0) is 0 Å². The highest BCUT2D eigenvalue weighted by atomic mass is 16.1. The lowest BCUT2D eigenvalue weighted by molar-refractivity contribution is 0.585. The largest absolute Gasteiger partial charge is 0.354 e. The molecule has 5 nitrogen and oxygen atoms in total. The molecule has 0 radical (unpaired) electrons. The Morgan fingerprint density at radius 2 is 1.86 bits per heavy atom. The van der Waals surface area contributed by atoms with Crippen LogP contribution in [0.25, 0.3) is 16.6 Å². The average molecular weight is 280 g/mol. The Labute approximate surface area is 121 Å². The second-order valence-electron chi connectivity index (χ2n) is 5.28. The fourth-order valence-corrected chi connectivity index (χ4v) is 2.89. The van der Waals surface area contributed by atoms with Crippen molar-refractivity contribution in [3.05, 3.63) is 52.8 Å². The van der Waals surface area contributed by atoms with Crippen molar-refractivity contribution < 1.29 is 0 Å². The van der Waals surface area contributed by atoms with Gasteiger partial charge in [0.05, 0.1) is 5.52 Å². The van der Waals surface area contributed by atoms with E-state index in [1.165, 1.54) is 0 Å². The molecule has 0 bridgehead atoms. The molecular formula is C16H16N4O. The molecule has 0 atom stereocenters. The van der Waals surface area contributed by atoms with Gasteiger partial charge in [-0.25, -0.2) is 4.98 Å². The third-order valence-corrected chi connectivity index (χ3v) is 3.96. The van der Waals surface area contributed by atoms with Crippen molar-refractivity contribution in [1.29, 1.82) is 0 Å². The third kappa shape index (κ3) is 2.06. The maximum absolute atomic E-state index is 12.5. The number of para-hydroxylation sites is 1. The minimum absolute atomic E-state index is 0.0228. The van der Waals surface area contributed by atoms with Crippen molar-refractivity contribution in [2.75, 3.05) is 31.1 Å². The molecule has 2 aromatic heterocycles. The lowest BCUT2D eigenvalue weighted by Crippen LogP contribution is -2.44. The molecule has 0 spiro atoms. The molecule has 1 aliphatic heterocycles. The number of anilines is 1. The quantitative estimate of drug-likeness (QED) is 0.682. The second-order valence-corrected chi connectivity index (χ2v) is 5.28. The van der Waals surface area contributed by atoms with Crippen LogP contribution in [0.5, 0.6) is 0 Å². The highest BCUT2D eigenvalue weighted by Gasteiger charge is 2.14. The lowest BCUT2D eigenvalue weighted by atomic mass is 10.2. The number of piperazine rings is 1. The van der Waals surface area contributed by atoms with E-state index in [-0.39, 0.29) is 5.56 Å². The van der Waals surface area contributed by atoms with Crippen molar-refractivity contribution in [3.8, 4) is 0 Å². The van der Waals surface area contributed by atoms with Gasteiger partial charge < -0.3 is 10.2 Å². The minimum atomic E-state index is -0.0228. The van der Waals surface area contributed by atoms with E-state index < -0.39 is 0 Å². The number of hydrogen-bond acceptors (Lipinski definition) is 4. The fraction of sp³-hybridized carbons (Fsp3) is 0.250. The maximum atomic E-state index is 12.5. The summed E-state index contributed by atoms with van der Waals surface area (Å²) < 4.78 is 1.68. The number of nitrogens with zero attached hydrogens (tertiary/aromatic N) is 3. The van der Waals surface area contributed by atoms with E-state index in [1.807, 2.05) is 36.4 Å². The zero-order chi connectivity index (χ0) is 14.2. The van der Waals surface area contributed by atoms with Crippen LogP contribution < -0.4 is 15.8 Å². The molecule has 3 aromatic rings. The summed E-state index contributed by atoms with van der Waals surface area (Å²) in [6, 6.07) is 13.4. The minimum Gasteiger partial charge on any atom is -0.354 e. The third-order valence-electron chi connectivity index (χ3n) is 3.96. The standard InChI is InChI=1S/C16H16N4O/c21-16-11-15(19-9-7-17-8-10-19)18-14-6-5-12-3-1-2-4-13(12)20(14)16/h1-6,11,17H,7-10H2. The Hall–Kier alpha value is -2.40. The van der Waals surface area contributed by atoms with E-state index in [4.69, 9.17) is 0 Å². The molecule has 1 fully saturated rings. The van der Waals surface area contributed by atoms with Gasteiger partial charge >= 0.3 is 0 Å². The molecule has 21 heavy (non-hydrogen) atoms. The molecule has 1 saturated heterocycles. The average Bonchev–Trinajstić information content (AvgIpc) is 2.55. The first-order valence-corrected chi connectivity index (χ1v) is 7.20. The smallest absolute Gasteiger partial charge is 0.260 e. The second kappa shape index (κ2) is 4.86. The molecule has 5 heteroatoms. The molecule has 4 rings (SSSR count). The van der Waals surface area contributed by atoms with Crippen LogP contribution in [0.15, 0.2) is 47.3 Å². The van der Waals surface area contributed by atoms with Gasteiger partial charge in [0, 0.05) is 32.2 Å². The van der Waals surface area contributed by atoms with E-state index in [0.717, 1.165) is 42.9 Å². The van der Waals surface area contributed by atoms with Crippen LogP contribution in [-0.4, -0.2) is 35.6 Å². The highest BCUT2D eigenvalue weighted by Crippen LogP contribution is 2.16. The summed E-state index contributed by atoms with van der Waals surface area (Å²) in [5.74, 6) is 0.775. The number of hydrogen-bond donors (Lipinski definition) is 1. The van der Waals surface area contributed by atoms with Crippen molar-refractivity contribution in [2.24, 2.45) is 0 Å². The van der Waals surface area contributed by atoms with Gasteiger partial charge in [0.25, 0.3) is 5.56 Å². The van der Waals surface area contributed by atoms with E-state index in [1.54, 1.807) is 10.5 Å². The summed E-state index contributed by atoms with van der Waals surface area (Å²) in [5.41, 5.74) is 1.58. The van der Waals surface area contributed by atoms with E-state index in [9.17, 15) is 4.79 Å². The van der Waals surface area contributed by atoms with Crippen LogP contribution in [0.2, 0.25) is 0 Å². The molecule has 1 aromatic carbocycles. The normalized spacial score (nSPS) is 15.7. The number of fused-ring (bicyclic) bond motifs is 3. The number of aromatic nitrogens is 2. The summed E-state index contributed by atoms with van der Waals surface area (Å²) >= 11 is 0. The van der Waals surface area contributed by atoms with Crippen molar-refractivity contribution in [3.63, 3.8) is 0 Å². The lowest BCUT2D eigenvalue weighted by Gasteiger charge is -2.28. The van der Waals surface area contributed by atoms with Crippen LogP contribution >= 0.6 is 0 Å². The van der Waals surface area contributed by atoms with Gasteiger partial charge in [-0.1, -0.05) is 18.2 Å². The summed E-state index contributed by atoms with van der Waals surface area (Å²) in [6.07, 6.45) is 0. The predicted octanol–water partition coefficient (Wildman–Crippen LogP) is 1.26. The van der Waals surface area contributed by atoms with Gasteiger partial charge in [0.1, 0.15) is 11.5 Å². The molecular weight excluding hydrogens is 264 g/mol. The Balaban J connectivity index is 1.94. The van der Waals surface area contributed by atoms with E-state index >= 15 is 0 Å². The fourth-order valence-electron chi connectivity index (χ4n) is 2.89. The molecule has 0 amide bonds. The molecule has 1 N–H and O–H groups in total. The van der Waals surface area contributed by atoms with Crippen LogP contribution in [0.3, 0.4) is 0 Å². The molecule has 1 aliphatic rings. The summed E-state index contributed by atoms with van der Waals surface area (Å²) in [4.78, 5) is 19.4. The van der Waals surface area contributed by atoms with Gasteiger partial charge in [-0.15, -0.1) is 0 Å². The Morgan fingerprint density at radius 1 is 1.05 bits per heavy atom. The SMILES string of the molecule is O=c1cc(N2CCNCC2)nc2ccc3ccccc3n12. The Morgan fingerprint density at radius 3 is 2.71 bits per heavy atom. The van der Waals surface area contributed by atoms with Gasteiger partial charge in [-0.05, 0) is 23.6 Å². The molecule has 106 valence electrons. The number of pyridine rings is 1. The summed E-state index contributed by atoms with van der Waals surface area (Å²) in [5, 5.41) is 4.35.